The standard InChI is InChI=1S/C12H10N4S/c1-17-12-13-7-6-11(15-12)16-8-14-9-4-2-3-5-10(9)16/h2-8H,1H3. The Morgan fingerprint density at radius 1 is 1.12 bits per heavy atom. The summed E-state index contributed by atoms with van der Waals surface area (Å²) in [4.78, 5) is 13.0. The minimum Gasteiger partial charge on any atom is -0.283 e. The van der Waals surface area contributed by atoms with Crippen molar-refractivity contribution in [2.45, 2.75) is 5.16 Å². The van der Waals surface area contributed by atoms with E-state index in [9.17, 15) is 0 Å². The molecule has 3 aromatic rings. The summed E-state index contributed by atoms with van der Waals surface area (Å²) in [6.45, 7) is 0. The van der Waals surface area contributed by atoms with Gasteiger partial charge in [0, 0.05) is 6.20 Å². The summed E-state index contributed by atoms with van der Waals surface area (Å²) in [5, 5.41) is 0.764. The summed E-state index contributed by atoms with van der Waals surface area (Å²) in [7, 11) is 0. The second kappa shape index (κ2) is 4.18. The Balaban J connectivity index is 2.20. The van der Waals surface area contributed by atoms with E-state index >= 15 is 0 Å². The van der Waals surface area contributed by atoms with Crippen LogP contribution in [0, 0.1) is 0 Å². The summed E-state index contributed by atoms with van der Waals surface area (Å²) < 4.78 is 1.97. The molecule has 2 aromatic heterocycles. The van der Waals surface area contributed by atoms with Gasteiger partial charge in [-0.05, 0) is 24.5 Å². The molecule has 5 heteroatoms. The van der Waals surface area contributed by atoms with Gasteiger partial charge in [0.2, 0.25) is 0 Å². The molecule has 0 bridgehead atoms. The zero-order valence-electron chi connectivity index (χ0n) is 9.24. The average molecular weight is 242 g/mol. The molecule has 17 heavy (non-hydrogen) atoms. The Morgan fingerprint density at radius 2 is 2.00 bits per heavy atom. The minimum atomic E-state index is 0.764. The number of aromatic nitrogens is 4. The van der Waals surface area contributed by atoms with Crippen molar-refractivity contribution in [1.82, 2.24) is 19.5 Å². The third-order valence-electron chi connectivity index (χ3n) is 2.50. The molecule has 3 rings (SSSR count). The molecule has 0 N–H and O–H groups in total. The predicted octanol–water partition coefficient (Wildman–Crippen LogP) is 2.54. The Bertz CT molecular complexity index is 662. The number of hydrogen-bond acceptors (Lipinski definition) is 4. The van der Waals surface area contributed by atoms with Crippen molar-refractivity contribution in [3.63, 3.8) is 0 Å². The molecular formula is C12H10N4S. The normalized spacial score (nSPS) is 10.9. The van der Waals surface area contributed by atoms with Crippen molar-refractivity contribution in [3.8, 4) is 5.82 Å². The first-order valence-electron chi connectivity index (χ1n) is 5.18. The first kappa shape index (κ1) is 10.3. The smallest absolute Gasteiger partial charge is 0.189 e. The Morgan fingerprint density at radius 3 is 2.88 bits per heavy atom. The molecule has 4 nitrogen and oxygen atoms in total. The van der Waals surface area contributed by atoms with Crippen LogP contribution in [-0.2, 0) is 0 Å². The molecule has 0 radical (unpaired) electrons. The largest absolute Gasteiger partial charge is 0.283 e. The van der Waals surface area contributed by atoms with Crippen molar-refractivity contribution in [2.24, 2.45) is 0 Å². The maximum atomic E-state index is 4.46. The molecule has 0 amide bonds. The lowest BCUT2D eigenvalue weighted by atomic mass is 10.3. The maximum absolute atomic E-state index is 4.46. The second-order valence-corrected chi connectivity index (χ2v) is 4.28. The maximum Gasteiger partial charge on any atom is 0.189 e. The van der Waals surface area contributed by atoms with Gasteiger partial charge in [-0.25, -0.2) is 15.0 Å². The quantitative estimate of drug-likeness (QED) is 0.511. The minimum absolute atomic E-state index is 0.764. The van der Waals surface area contributed by atoms with Crippen LogP contribution in [0.4, 0.5) is 0 Å². The SMILES string of the molecule is CSc1nccc(-n2cnc3ccccc32)n1. The Kier molecular flexibility index (Phi) is 2.53. The molecule has 0 spiro atoms. The fourth-order valence-electron chi connectivity index (χ4n) is 1.71. The summed E-state index contributed by atoms with van der Waals surface area (Å²) in [5.74, 6) is 0.845. The number of hydrogen-bond donors (Lipinski definition) is 0. The van der Waals surface area contributed by atoms with Crippen molar-refractivity contribution >= 4 is 22.8 Å². The first-order chi connectivity index (χ1) is 8.38. The number of benzene rings is 1. The van der Waals surface area contributed by atoms with Crippen LogP contribution in [0.5, 0.6) is 0 Å². The third-order valence-corrected chi connectivity index (χ3v) is 3.06. The van der Waals surface area contributed by atoms with Crippen LogP contribution in [0.1, 0.15) is 0 Å². The highest BCUT2D eigenvalue weighted by Gasteiger charge is 2.05. The topological polar surface area (TPSA) is 43.6 Å². The van der Waals surface area contributed by atoms with Crippen molar-refractivity contribution in [1.29, 1.82) is 0 Å². The van der Waals surface area contributed by atoms with Gasteiger partial charge in [-0.3, -0.25) is 4.57 Å². The van der Waals surface area contributed by atoms with E-state index in [0.717, 1.165) is 22.0 Å². The summed E-state index contributed by atoms with van der Waals surface area (Å²) in [6.07, 6.45) is 5.52. The molecule has 0 aliphatic heterocycles. The number of rotatable bonds is 2. The van der Waals surface area contributed by atoms with Gasteiger partial charge in [-0.2, -0.15) is 0 Å². The van der Waals surface area contributed by atoms with E-state index in [4.69, 9.17) is 0 Å². The molecule has 0 aliphatic carbocycles. The van der Waals surface area contributed by atoms with E-state index in [1.165, 1.54) is 11.8 Å². The lowest BCUT2D eigenvalue weighted by Crippen LogP contribution is -1.97. The summed E-state index contributed by atoms with van der Waals surface area (Å²) >= 11 is 1.53. The highest BCUT2D eigenvalue weighted by atomic mass is 32.2. The Hall–Kier alpha value is -1.88. The summed E-state index contributed by atoms with van der Waals surface area (Å²) in [6, 6.07) is 9.88. The van der Waals surface area contributed by atoms with E-state index in [-0.39, 0.29) is 0 Å². The highest BCUT2D eigenvalue weighted by Crippen LogP contribution is 2.17. The monoisotopic (exact) mass is 242 g/mol. The lowest BCUT2D eigenvalue weighted by Gasteiger charge is -2.03. The van der Waals surface area contributed by atoms with Crippen molar-refractivity contribution in [3.05, 3.63) is 42.9 Å². The van der Waals surface area contributed by atoms with Crippen molar-refractivity contribution in [2.75, 3.05) is 6.26 Å². The molecule has 0 aliphatic rings. The van der Waals surface area contributed by atoms with Crippen LogP contribution >= 0.6 is 11.8 Å². The van der Waals surface area contributed by atoms with E-state index in [1.54, 1.807) is 12.5 Å². The molecule has 0 saturated heterocycles. The average Bonchev–Trinajstić information content (AvgIpc) is 2.82. The number of thioether (sulfide) groups is 1. The molecule has 2 heterocycles. The molecule has 0 fully saturated rings. The zero-order chi connectivity index (χ0) is 11.7. The van der Waals surface area contributed by atoms with Crippen molar-refractivity contribution < 1.29 is 0 Å². The van der Waals surface area contributed by atoms with Gasteiger partial charge < -0.3 is 0 Å². The Labute approximate surface area is 103 Å². The van der Waals surface area contributed by atoms with Crippen LogP contribution < -0.4 is 0 Å². The van der Waals surface area contributed by atoms with Crippen LogP contribution in [-0.4, -0.2) is 25.8 Å². The fraction of sp³-hybridized carbons (Fsp3) is 0.0833. The number of imidazole rings is 1. The molecule has 0 saturated carbocycles. The van der Waals surface area contributed by atoms with Crippen LogP contribution in [0.25, 0.3) is 16.9 Å². The molecule has 0 unspecified atom stereocenters. The molecular weight excluding hydrogens is 232 g/mol. The van der Waals surface area contributed by atoms with Gasteiger partial charge in [0.15, 0.2) is 5.16 Å². The van der Waals surface area contributed by atoms with Gasteiger partial charge in [0.05, 0.1) is 11.0 Å². The first-order valence-corrected chi connectivity index (χ1v) is 6.40. The predicted molar refractivity (Wildman–Crippen MR) is 68.4 cm³/mol. The molecule has 1 aromatic carbocycles. The third kappa shape index (κ3) is 1.78. The molecule has 0 atom stereocenters. The van der Waals surface area contributed by atoms with E-state index in [0.29, 0.717) is 0 Å². The van der Waals surface area contributed by atoms with Gasteiger partial charge in [0.1, 0.15) is 12.1 Å². The molecule has 84 valence electrons. The number of para-hydroxylation sites is 2. The van der Waals surface area contributed by atoms with Gasteiger partial charge in [-0.1, -0.05) is 23.9 Å². The highest BCUT2D eigenvalue weighted by molar-refractivity contribution is 7.98. The van der Waals surface area contributed by atoms with Crippen LogP contribution in [0.3, 0.4) is 0 Å². The van der Waals surface area contributed by atoms with Crippen LogP contribution in [0.2, 0.25) is 0 Å². The van der Waals surface area contributed by atoms with E-state index in [2.05, 4.69) is 15.0 Å². The van der Waals surface area contributed by atoms with E-state index in [1.807, 2.05) is 41.2 Å². The van der Waals surface area contributed by atoms with Gasteiger partial charge >= 0.3 is 0 Å². The lowest BCUT2D eigenvalue weighted by molar-refractivity contribution is 0.902. The second-order valence-electron chi connectivity index (χ2n) is 3.50. The zero-order valence-corrected chi connectivity index (χ0v) is 10.1. The van der Waals surface area contributed by atoms with Crippen LogP contribution in [0.15, 0.2) is 48.0 Å². The number of fused-ring (bicyclic) bond motifs is 1. The fourth-order valence-corrected chi connectivity index (χ4v) is 2.06. The van der Waals surface area contributed by atoms with E-state index < -0.39 is 0 Å². The van der Waals surface area contributed by atoms with Gasteiger partial charge in [-0.15, -0.1) is 0 Å². The number of nitrogens with zero attached hydrogens (tertiary/aromatic N) is 4. The van der Waals surface area contributed by atoms with Gasteiger partial charge in [0.25, 0.3) is 0 Å². The summed E-state index contributed by atoms with van der Waals surface area (Å²) in [5.41, 5.74) is 2.02.